The molecule has 21 heavy (non-hydrogen) atoms. The first-order valence-electron chi connectivity index (χ1n) is 5.52. The first-order valence-corrected chi connectivity index (χ1v) is 5.52. The second-order valence-electron chi connectivity index (χ2n) is 4.00. The second-order valence-corrected chi connectivity index (χ2v) is 4.00. The molecule has 0 radical (unpaired) electrons. The molecule has 0 unspecified atom stereocenters. The molecular weight excluding hydrogens is 295 g/mol. The molecule has 0 fully saturated rings. The Morgan fingerprint density at radius 3 is 0.905 bits per heavy atom. The number of hydrogen-bond donors (Lipinski definition) is 4. The zero-order valence-electron chi connectivity index (χ0n) is 11.0. The molecule has 0 spiro atoms. The molecule has 11 heteroatoms. The molecular formula is C10H17FN2O8. The molecule has 10 nitrogen and oxygen atoms in total. The van der Waals surface area contributed by atoms with Gasteiger partial charge in [-0.2, -0.15) is 0 Å². The van der Waals surface area contributed by atoms with Gasteiger partial charge in [0.1, 0.15) is 0 Å². The summed E-state index contributed by atoms with van der Waals surface area (Å²) in [5.74, 6) is -4.91. The van der Waals surface area contributed by atoms with Crippen molar-refractivity contribution in [1.29, 1.82) is 0 Å². The molecule has 0 atom stereocenters. The van der Waals surface area contributed by atoms with Crippen LogP contribution in [0.2, 0.25) is 0 Å². The zero-order chi connectivity index (χ0) is 15.7. The van der Waals surface area contributed by atoms with E-state index in [-0.39, 0.29) is 17.8 Å². The molecule has 0 aromatic heterocycles. The monoisotopic (exact) mass is 312 g/mol. The summed E-state index contributed by atoms with van der Waals surface area (Å²) in [6.45, 7) is -2.25. The lowest BCUT2D eigenvalue weighted by atomic mass is 10.4. The highest BCUT2D eigenvalue weighted by Gasteiger charge is 2.17. The SMILES string of the molecule is F.O=C(O)CN(CCN(CC(=O)O)CC(=O)O)CC(=O)O. The summed E-state index contributed by atoms with van der Waals surface area (Å²) >= 11 is 0. The van der Waals surface area contributed by atoms with Crippen LogP contribution in [0, 0.1) is 0 Å². The Labute approximate surface area is 118 Å². The molecule has 0 heterocycles. The summed E-state index contributed by atoms with van der Waals surface area (Å²) in [5, 5.41) is 34.5. The van der Waals surface area contributed by atoms with Gasteiger partial charge < -0.3 is 20.4 Å². The van der Waals surface area contributed by atoms with Crippen molar-refractivity contribution in [3.8, 4) is 0 Å². The van der Waals surface area contributed by atoms with Crippen molar-refractivity contribution in [2.45, 2.75) is 0 Å². The van der Waals surface area contributed by atoms with E-state index < -0.39 is 50.1 Å². The average molecular weight is 312 g/mol. The molecule has 0 amide bonds. The Bertz CT molecular complexity index is 321. The Kier molecular flexibility index (Phi) is 10.5. The fourth-order valence-corrected chi connectivity index (χ4v) is 1.48. The molecule has 0 aromatic rings. The predicted molar refractivity (Wildman–Crippen MR) is 65.9 cm³/mol. The molecule has 0 aliphatic rings. The maximum atomic E-state index is 10.6. The number of aliphatic carboxylic acids is 4. The first-order chi connectivity index (χ1) is 9.20. The number of carbonyl (C=O) groups is 4. The van der Waals surface area contributed by atoms with Crippen LogP contribution in [0.5, 0.6) is 0 Å². The largest absolute Gasteiger partial charge is 0.480 e. The van der Waals surface area contributed by atoms with Crippen LogP contribution >= 0.6 is 0 Å². The minimum atomic E-state index is -1.23. The Morgan fingerprint density at radius 1 is 0.571 bits per heavy atom. The van der Waals surface area contributed by atoms with Crippen LogP contribution in [-0.2, 0) is 19.2 Å². The van der Waals surface area contributed by atoms with E-state index in [9.17, 15) is 19.2 Å². The Hall–Kier alpha value is -2.27. The van der Waals surface area contributed by atoms with Crippen molar-refractivity contribution in [3.63, 3.8) is 0 Å². The Morgan fingerprint density at radius 2 is 0.762 bits per heavy atom. The van der Waals surface area contributed by atoms with Crippen LogP contribution in [-0.4, -0.2) is 93.4 Å². The average Bonchev–Trinajstić information content (AvgIpc) is 2.22. The van der Waals surface area contributed by atoms with Gasteiger partial charge in [-0.05, 0) is 0 Å². The molecule has 0 aromatic carbocycles. The van der Waals surface area contributed by atoms with Gasteiger partial charge in [-0.1, -0.05) is 0 Å². The minimum Gasteiger partial charge on any atom is -0.480 e. The summed E-state index contributed by atoms with van der Waals surface area (Å²) in [4.78, 5) is 44.4. The lowest BCUT2D eigenvalue weighted by Gasteiger charge is -2.23. The molecule has 122 valence electrons. The van der Waals surface area contributed by atoms with E-state index in [1.54, 1.807) is 0 Å². The summed E-state index contributed by atoms with van der Waals surface area (Å²) < 4.78 is 0. The topological polar surface area (TPSA) is 156 Å². The summed E-state index contributed by atoms with van der Waals surface area (Å²) in [6, 6.07) is 0. The van der Waals surface area contributed by atoms with Gasteiger partial charge in [0.05, 0.1) is 26.2 Å². The van der Waals surface area contributed by atoms with Gasteiger partial charge >= 0.3 is 23.9 Å². The van der Waals surface area contributed by atoms with E-state index in [4.69, 9.17) is 20.4 Å². The lowest BCUT2D eigenvalue weighted by molar-refractivity contribution is -0.145. The zero-order valence-corrected chi connectivity index (χ0v) is 11.0. The van der Waals surface area contributed by atoms with E-state index in [1.807, 2.05) is 0 Å². The van der Waals surface area contributed by atoms with Crippen LogP contribution in [0.3, 0.4) is 0 Å². The van der Waals surface area contributed by atoms with Crippen LogP contribution in [0.4, 0.5) is 4.70 Å². The highest BCUT2D eigenvalue weighted by Crippen LogP contribution is 1.94. The lowest BCUT2D eigenvalue weighted by Crippen LogP contribution is -2.43. The van der Waals surface area contributed by atoms with Gasteiger partial charge in [0, 0.05) is 13.1 Å². The number of nitrogens with zero attached hydrogens (tertiary/aromatic N) is 2. The van der Waals surface area contributed by atoms with Gasteiger partial charge in [0.15, 0.2) is 0 Å². The normalized spacial score (nSPS) is 10.2. The van der Waals surface area contributed by atoms with Crippen molar-refractivity contribution in [1.82, 2.24) is 9.80 Å². The number of halogens is 1. The second kappa shape index (κ2) is 10.5. The van der Waals surface area contributed by atoms with E-state index >= 15 is 0 Å². The highest BCUT2D eigenvalue weighted by atomic mass is 19.0. The minimum absolute atomic E-state index is 0. The van der Waals surface area contributed by atoms with E-state index in [0.29, 0.717) is 0 Å². The molecule has 0 saturated carbocycles. The fraction of sp³-hybridized carbons (Fsp3) is 0.600. The van der Waals surface area contributed by atoms with Crippen molar-refractivity contribution < 1.29 is 44.3 Å². The third-order valence-corrected chi connectivity index (χ3v) is 2.17. The summed E-state index contributed by atoms with van der Waals surface area (Å²) in [5.41, 5.74) is 0. The number of carboxylic acids is 4. The number of rotatable bonds is 11. The van der Waals surface area contributed by atoms with Crippen molar-refractivity contribution >= 4 is 23.9 Å². The summed E-state index contributed by atoms with van der Waals surface area (Å²) in [7, 11) is 0. The van der Waals surface area contributed by atoms with Crippen molar-refractivity contribution in [3.05, 3.63) is 0 Å². The van der Waals surface area contributed by atoms with Crippen molar-refractivity contribution in [2.75, 3.05) is 39.3 Å². The molecule has 0 aliphatic carbocycles. The van der Waals surface area contributed by atoms with Gasteiger partial charge in [-0.25, -0.2) is 0 Å². The van der Waals surface area contributed by atoms with Crippen LogP contribution in [0.25, 0.3) is 0 Å². The molecule has 0 bridgehead atoms. The van der Waals surface area contributed by atoms with Crippen LogP contribution in [0.1, 0.15) is 0 Å². The third kappa shape index (κ3) is 12.5. The Balaban J connectivity index is 0. The maximum absolute atomic E-state index is 10.6. The molecule has 0 saturated heterocycles. The molecule has 0 aliphatic heterocycles. The van der Waals surface area contributed by atoms with Crippen LogP contribution in [0.15, 0.2) is 0 Å². The first kappa shape index (κ1) is 21.0. The standard InChI is InChI=1S/C10H16N2O8.FH/c13-7(14)3-11(4-8(15)16)1-2-12(5-9(17)18)6-10(19)20;/h1-6H2,(H,13,14)(H,15,16)(H,17,18)(H,19,20);1H. The highest BCUT2D eigenvalue weighted by molar-refractivity contribution is 5.73. The van der Waals surface area contributed by atoms with E-state index in [2.05, 4.69) is 0 Å². The van der Waals surface area contributed by atoms with Crippen LogP contribution < -0.4 is 0 Å². The van der Waals surface area contributed by atoms with E-state index in [0.717, 1.165) is 9.80 Å². The van der Waals surface area contributed by atoms with Gasteiger partial charge in [0.2, 0.25) is 0 Å². The molecule has 0 rings (SSSR count). The smallest absolute Gasteiger partial charge is 0.317 e. The van der Waals surface area contributed by atoms with Gasteiger partial charge in [0.25, 0.3) is 0 Å². The summed E-state index contributed by atoms with van der Waals surface area (Å²) in [6.07, 6.45) is 0. The number of carboxylic acid groups (broad SMARTS) is 4. The quantitative estimate of drug-likeness (QED) is 0.339. The molecule has 4 N–H and O–H groups in total. The van der Waals surface area contributed by atoms with E-state index in [1.165, 1.54) is 0 Å². The fourth-order valence-electron chi connectivity index (χ4n) is 1.48. The van der Waals surface area contributed by atoms with Gasteiger partial charge in [-0.15, -0.1) is 0 Å². The van der Waals surface area contributed by atoms with Gasteiger partial charge in [-0.3, -0.25) is 33.7 Å². The maximum Gasteiger partial charge on any atom is 0.317 e. The third-order valence-electron chi connectivity index (χ3n) is 2.17. The number of hydrogen-bond acceptors (Lipinski definition) is 6. The predicted octanol–water partition coefficient (Wildman–Crippen LogP) is -1.92. The van der Waals surface area contributed by atoms with Crippen molar-refractivity contribution in [2.24, 2.45) is 0 Å².